The minimum Gasteiger partial charge on any atom is -0.441 e. The highest BCUT2D eigenvalue weighted by Gasteiger charge is 2.39. The lowest BCUT2D eigenvalue weighted by molar-refractivity contribution is -0.136. The number of hydrogen-bond donors (Lipinski definition) is 1. The van der Waals surface area contributed by atoms with Crippen LogP contribution in [0.2, 0.25) is 5.02 Å². The molecule has 0 spiro atoms. The Labute approximate surface area is 226 Å². The molecule has 6 rings (SSSR count). The molecule has 38 heavy (non-hydrogen) atoms. The van der Waals surface area contributed by atoms with Crippen LogP contribution in [0.25, 0.3) is 11.5 Å². The number of aryl methyl sites for hydroxylation is 1. The molecule has 2 aromatic carbocycles. The molecule has 3 aliphatic heterocycles. The highest BCUT2D eigenvalue weighted by molar-refractivity contribution is 6.30. The third-order valence-electron chi connectivity index (χ3n) is 7.96. The van der Waals surface area contributed by atoms with Crippen molar-refractivity contribution in [2.24, 2.45) is 0 Å². The van der Waals surface area contributed by atoms with Gasteiger partial charge in [-0.3, -0.25) is 24.6 Å². The number of aromatic nitrogens is 1. The molecule has 2 saturated heterocycles. The number of likely N-dealkylation sites (tertiary alicyclic amines) is 1. The minimum atomic E-state index is -0.584. The van der Waals surface area contributed by atoms with Gasteiger partial charge in [0.1, 0.15) is 11.8 Å². The summed E-state index contributed by atoms with van der Waals surface area (Å²) >= 11 is 6.00. The molecule has 3 aromatic rings. The molecular weight excluding hydrogens is 504 g/mol. The van der Waals surface area contributed by atoms with E-state index in [1.54, 1.807) is 4.90 Å². The van der Waals surface area contributed by atoms with Crippen molar-refractivity contribution in [2.75, 3.05) is 13.1 Å². The molecular formula is C29H29ClN4O4. The van der Waals surface area contributed by atoms with Crippen molar-refractivity contribution in [1.29, 1.82) is 0 Å². The SMILES string of the molecule is Cc1oc(-c2ccc(Cl)cc2)nc1CN1CCC(c2ccc3c(c2)CN(C2CCC(=O)NC2=O)C3=O)CC1. The van der Waals surface area contributed by atoms with Gasteiger partial charge in [0.2, 0.25) is 17.7 Å². The second-order valence-electron chi connectivity index (χ2n) is 10.4. The third-order valence-corrected chi connectivity index (χ3v) is 8.22. The number of carbonyl (C=O) groups excluding carboxylic acids is 3. The van der Waals surface area contributed by atoms with Crippen molar-refractivity contribution in [3.8, 4) is 11.5 Å². The van der Waals surface area contributed by atoms with E-state index in [1.807, 2.05) is 37.3 Å². The Morgan fingerprint density at radius 2 is 1.82 bits per heavy atom. The van der Waals surface area contributed by atoms with Gasteiger partial charge in [-0.05, 0) is 86.7 Å². The molecule has 0 bridgehead atoms. The van der Waals surface area contributed by atoms with Gasteiger partial charge >= 0.3 is 0 Å². The molecule has 2 fully saturated rings. The smallest absolute Gasteiger partial charge is 0.255 e. The summed E-state index contributed by atoms with van der Waals surface area (Å²) in [4.78, 5) is 45.6. The van der Waals surface area contributed by atoms with E-state index in [4.69, 9.17) is 21.0 Å². The summed E-state index contributed by atoms with van der Waals surface area (Å²) in [7, 11) is 0. The summed E-state index contributed by atoms with van der Waals surface area (Å²) in [6, 6.07) is 13.0. The lowest BCUT2D eigenvalue weighted by Gasteiger charge is -2.32. The zero-order chi connectivity index (χ0) is 26.4. The number of nitrogens with one attached hydrogen (secondary N) is 1. The number of fused-ring (bicyclic) bond motifs is 1. The van der Waals surface area contributed by atoms with Crippen LogP contribution in [-0.2, 0) is 22.7 Å². The summed E-state index contributed by atoms with van der Waals surface area (Å²) in [5, 5.41) is 3.04. The molecule has 0 aliphatic carbocycles. The first-order chi connectivity index (χ1) is 18.4. The summed E-state index contributed by atoms with van der Waals surface area (Å²) < 4.78 is 5.93. The van der Waals surface area contributed by atoms with Crippen LogP contribution in [-0.4, -0.2) is 51.6 Å². The van der Waals surface area contributed by atoms with Crippen LogP contribution < -0.4 is 5.32 Å². The highest BCUT2D eigenvalue weighted by Crippen LogP contribution is 2.34. The summed E-state index contributed by atoms with van der Waals surface area (Å²) in [5.41, 5.74) is 4.73. The number of halogens is 1. The maximum atomic E-state index is 13.0. The first kappa shape index (κ1) is 24.8. The van der Waals surface area contributed by atoms with Crippen LogP contribution in [0, 0.1) is 6.92 Å². The van der Waals surface area contributed by atoms with Gasteiger partial charge in [-0.15, -0.1) is 0 Å². The van der Waals surface area contributed by atoms with Crippen molar-refractivity contribution in [2.45, 2.75) is 57.7 Å². The Kier molecular flexibility index (Phi) is 6.53. The van der Waals surface area contributed by atoms with E-state index in [0.29, 0.717) is 35.4 Å². The average Bonchev–Trinajstić information content (AvgIpc) is 3.44. The van der Waals surface area contributed by atoms with Gasteiger partial charge in [-0.25, -0.2) is 4.98 Å². The number of rotatable bonds is 5. The average molecular weight is 533 g/mol. The third kappa shape index (κ3) is 4.74. The quantitative estimate of drug-likeness (QED) is 0.488. The second-order valence-corrected chi connectivity index (χ2v) is 10.8. The monoisotopic (exact) mass is 532 g/mol. The normalized spacial score (nSPS) is 20.6. The minimum absolute atomic E-state index is 0.128. The molecule has 9 heteroatoms. The molecule has 3 aliphatic rings. The van der Waals surface area contributed by atoms with Crippen LogP contribution in [0.15, 0.2) is 46.9 Å². The topological polar surface area (TPSA) is 95.8 Å². The zero-order valence-electron chi connectivity index (χ0n) is 21.2. The van der Waals surface area contributed by atoms with E-state index < -0.39 is 6.04 Å². The van der Waals surface area contributed by atoms with E-state index >= 15 is 0 Å². The van der Waals surface area contributed by atoms with Crippen molar-refractivity contribution in [1.82, 2.24) is 20.1 Å². The zero-order valence-corrected chi connectivity index (χ0v) is 22.0. The molecule has 1 aromatic heterocycles. The Morgan fingerprint density at radius 1 is 1.05 bits per heavy atom. The lowest BCUT2D eigenvalue weighted by atomic mass is 9.88. The lowest BCUT2D eigenvalue weighted by Crippen LogP contribution is -2.52. The Hall–Kier alpha value is -3.49. The van der Waals surface area contributed by atoms with E-state index in [9.17, 15) is 14.4 Å². The number of oxazole rings is 1. The number of piperidine rings is 2. The molecule has 0 saturated carbocycles. The van der Waals surface area contributed by atoms with E-state index in [1.165, 1.54) is 5.56 Å². The van der Waals surface area contributed by atoms with Crippen LogP contribution >= 0.6 is 11.6 Å². The number of nitrogens with zero attached hydrogens (tertiary/aromatic N) is 3. The van der Waals surface area contributed by atoms with Gasteiger partial charge in [0, 0.05) is 35.7 Å². The van der Waals surface area contributed by atoms with E-state index in [2.05, 4.69) is 22.3 Å². The van der Waals surface area contributed by atoms with Crippen LogP contribution in [0.1, 0.15) is 64.5 Å². The van der Waals surface area contributed by atoms with E-state index in [-0.39, 0.29) is 24.1 Å². The van der Waals surface area contributed by atoms with Crippen LogP contribution in [0.4, 0.5) is 0 Å². The fraction of sp³-hybridized carbons (Fsp3) is 0.379. The summed E-state index contributed by atoms with van der Waals surface area (Å²) in [6.45, 7) is 5.01. The second kappa shape index (κ2) is 10.0. The first-order valence-electron chi connectivity index (χ1n) is 13.1. The Bertz CT molecular complexity index is 1410. The van der Waals surface area contributed by atoms with Crippen molar-refractivity contribution in [3.05, 3.63) is 75.6 Å². The molecule has 1 N–H and O–H groups in total. The summed E-state index contributed by atoms with van der Waals surface area (Å²) in [5.74, 6) is 1.09. The maximum Gasteiger partial charge on any atom is 0.255 e. The first-order valence-corrected chi connectivity index (χ1v) is 13.5. The molecule has 4 heterocycles. The number of amides is 3. The molecule has 1 unspecified atom stereocenters. The predicted molar refractivity (Wildman–Crippen MR) is 141 cm³/mol. The number of carbonyl (C=O) groups is 3. The highest BCUT2D eigenvalue weighted by atomic mass is 35.5. The predicted octanol–water partition coefficient (Wildman–Crippen LogP) is 4.44. The van der Waals surface area contributed by atoms with E-state index in [0.717, 1.165) is 55.1 Å². The molecule has 0 radical (unpaired) electrons. The standard InChI is InChI=1S/C29H29ClN4O4/c1-17-24(31-28(38-17)19-2-5-22(30)6-3-19)16-33-12-10-18(11-13-33)20-4-7-23-21(14-20)15-34(29(23)37)25-8-9-26(35)32-27(25)36/h2-7,14,18,25H,8-13,15-16H2,1H3,(H,32,35,36). The Morgan fingerprint density at radius 3 is 2.55 bits per heavy atom. The van der Waals surface area contributed by atoms with Crippen LogP contribution in [0.3, 0.4) is 0 Å². The fourth-order valence-electron chi connectivity index (χ4n) is 5.78. The van der Waals surface area contributed by atoms with Crippen LogP contribution in [0.5, 0.6) is 0 Å². The fourth-order valence-corrected chi connectivity index (χ4v) is 5.90. The number of imide groups is 1. The van der Waals surface area contributed by atoms with Crippen molar-refractivity contribution >= 4 is 29.3 Å². The van der Waals surface area contributed by atoms with Gasteiger partial charge in [0.25, 0.3) is 5.91 Å². The van der Waals surface area contributed by atoms with Gasteiger partial charge in [-0.1, -0.05) is 23.7 Å². The summed E-state index contributed by atoms with van der Waals surface area (Å²) in [6.07, 6.45) is 2.67. The molecule has 1 atom stereocenters. The molecule has 3 amide bonds. The van der Waals surface area contributed by atoms with Crippen molar-refractivity contribution < 1.29 is 18.8 Å². The van der Waals surface area contributed by atoms with Crippen molar-refractivity contribution in [3.63, 3.8) is 0 Å². The van der Waals surface area contributed by atoms with Gasteiger partial charge in [-0.2, -0.15) is 0 Å². The van der Waals surface area contributed by atoms with Gasteiger partial charge in [0.05, 0.1) is 5.69 Å². The largest absolute Gasteiger partial charge is 0.441 e. The Balaban J connectivity index is 1.08. The number of benzene rings is 2. The maximum absolute atomic E-state index is 13.0. The molecule has 8 nitrogen and oxygen atoms in total. The van der Waals surface area contributed by atoms with Gasteiger partial charge in [0.15, 0.2) is 0 Å². The van der Waals surface area contributed by atoms with Gasteiger partial charge < -0.3 is 9.32 Å². The number of hydrogen-bond acceptors (Lipinski definition) is 6. The molecule has 196 valence electrons.